The number of rotatable bonds is 3. The summed E-state index contributed by atoms with van der Waals surface area (Å²) in [4.78, 5) is 5.81. The van der Waals surface area contributed by atoms with Crippen LogP contribution in [0.4, 0.5) is 0 Å². The van der Waals surface area contributed by atoms with Crippen LogP contribution < -0.4 is 0 Å². The van der Waals surface area contributed by atoms with E-state index in [0.29, 0.717) is 23.0 Å². The van der Waals surface area contributed by atoms with E-state index in [1.54, 1.807) is 6.07 Å². The van der Waals surface area contributed by atoms with Crippen LogP contribution in [-0.4, -0.2) is 10.1 Å². The third kappa shape index (κ3) is 2.79. The number of nitriles is 1. The second-order valence-corrected chi connectivity index (χ2v) is 6.10. The molecule has 3 aromatic rings. The summed E-state index contributed by atoms with van der Waals surface area (Å²) in [5.74, 6) is 1.09. The summed E-state index contributed by atoms with van der Waals surface area (Å²) in [5.41, 5.74) is 1.11. The first-order chi connectivity index (χ1) is 9.74. The number of benzene rings is 1. The first-order valence-corrected chi connectivity index (χ1v) is 7.43. The van der Waals surface area contributed by atoms with Gasteiger partial charge >= 0.3 is 0 Å². The quantitative estimate of drug-likeness (QED) is 0.718. The Morgan fingerprint density at radius 2 is 2.20 bits per heavy atom. The van der Waals surface area contributed by atoms with Crippen molar-refractivity contribution < 1.29 is 4.52 Å². The third-order valence-electron chi connectivity index (χ3n) is 2.65. The lowest BCUT2D eigenvalue weighted by Crippen LogP contribution is -1.90. The molecule has 0 aliphatic carbocycles. The molecule has 0 aliphatic heterocycles. The minimum atomic E-state index is 0.460. The van der Waals surface area contributed by atoms with Crippen LogP contribution in [0.2, 0.25) is 0 Å². The predicted octanol–water partition coefficient (Wildman–Crippen LogP) is 4.02. The molecule has 0 radical (unpaired) electrons. The highest BCUT2D eigenvalue weighted by atomic mass is 79.9. The fourth-order valence-electron chi connectivity index (χ4n) is 1.77. The highest BCUT2D eigenvalue weighted by Gasteiger charge is 2.11. The standard InChI is InChI=1S/C14H8BrN3OS/c15-10-3-1-2-9(6-10)7-13-17-14(19-18-13)12-5-4-11(8-16)20-12/h1-6H,7H2. The Labute approximate surface area is 127 Å². The topological polar surface area (TPSA) is 62.7 Å². The molecule has 20 heavy (non-hydrogen) atoms. The van der Waals surface area contributed by atoms with Gasteiger partial charge in [-0.05, 0) is 29.8 Å². The van der Waals surface area contributed by atoms with E-state index in [4.69, 9.17) is 9.78 Å². The van der Waals surface area contributed by atoms with E-state index in [1.807, 2.05) is 30.3 Å². The van der Waals surface area contributed by atoms with Crippen molar-refractivity contribution in [3.63, 3.8) is 0 Å². The van der Waals surface area contributed by atoms with Crippen molar-refractivity contribution in [2.45, 2.75) is 6.42 Å². The summed E-state index contributed by atoms with van der Waals surface area (Å²) < 4.78 is 6.26. The van der Waals surface area contributed by atoms with Crippen LogP contribution in [0, 0.1) is 11.3 Å². The van der Waals surface area contributed by atoms with E-state index in [-0.39, 0.29) is 0 Å². The zero-order chi connectivity index (χ0) is 13.9. The first kappa shape index (κ1) is 13.0. The molecule has 0 atom stereocenters. The van der Waals surface area contributed by atoms with E-state index in [1.165, 1.54) is 11.3 Å². The minimum Gasteiger partial charge on any atom is -0.333 e. The Balaban J connectivity index is 1.82. The van der Waals surface area contributed by atoms with Gasteiger partial charge in [-0.2, -0.15) is 10.2 Å². The normalized spacial score (nSPS) is 10.4. The second-order valence-electron chi connectivity index (χ2n) is 4.10. The van der Waals surface area contributed by atoms with Crippen molar-refractivity contribution >= 4 is 27.3 Å². The van der Waals surface area contributed by atoms with Crippen LogP contribution in [0.15, 0.2) is 45.4 Å². The van der Waals surface area contributed by atoms with E-state index in [9.17, 15) is 0 Å². The molecule has 0 saturated heterocycles. The molecule has 0 unspecified atom stereocenters. The Morgan fingerprint density at radius 1 is 1.30 bits per heavy atom. The molecule has 0 N–H and O–H groups in total. The Morgan fingerprint density at radius 3 is 2.95 bits per heavy atom. The van der Waals surface area contributed by atoms with Crippen LogP contribution in [0.3, 0.4) is 0 Å². The van der Waals surface area contributed by atoms with Gasteiger partial charge in [-0.25, -0.2) is 0 Å². The summed E-state index contributed by atoms with van der Waals surface area (Å²) in [6, 6.07) is 13.6. The number of aromatic nitrogens is 2. The lowest BCUT2D eigenvalue weighted by molar-refractivity contribution is 0.424. The summed E-state index contributed by atoms with van der Waals surface area (Å²) in [6.07, 6.45) is 0.611. The lowest BCUT2D eigenvalue weighted by Gasteiger charge is -1.96. The van der Waals surface area contributed by atoms with E-state index < -0.39 is 0 Å². The van der Waals surface area contributed by atoms with E-state index in [2.05, 4.69) is 32.1 Å². The van der Waals surface area contributed by atoms with Crippen LogP contribution >= 0.6 is 27.3 Å². The second kappa shape index (κ2) is 5.57. The Bertz CT molecular complexity index is 788. The fourth-order valence-corrected chi connectivity index (χ4v) is 2.94. The van der Waals surface area contributed by atoms with E-state index >= 15 is 0 Å². The zero-order valence-electron chi connectivity index (χ0n) is 10.2. The van der Waals surface area contributed by atoms with Gasteiger partial charge in [0, 0.05) is 10.9 Å². The maximum absolute atomic E-state index is 8.81. The number of hydrogen-bond acceptors (Lipinski definition) is 5. The Hall–Kier alpha value is -1.97. The van der Waals surface area contributed by atoms with Gasteiger partial charge < -0.3 is 4.52 Å². The molecule has 0 amide bonds. The smallest absolute Gasteiger partial charge is 0.268 e. The van der Waals surface area contributed by atoms with Gasteiger partial charge in [0.2, 0.25) is 0 Å². The maximum atomic E-state index is 8.81. The summed E-state index contributed by atoms with van der Waals surface area (Å²) in [5, 5.41) is 12.8. The average Bonchev–Trinajstić information content (AvgIpc) is 3.07. The first-order valence-electron chi connectivity index (χ1n) is 5.82. The predicted molar refractivity (Wildman–Crippen MR) is 79.3 cm³/mol. The molecule has 0 aliphatic rings. The monoisotopic (exact) mass is 345 g/mol. The van der Waals surface area contributed by atoms with Gasteiger partial charge in [0.1, 0.15) is 10.9 Å². The largest absolute Gasteiger partial charge is 0.333 e. The van der Waals surface area contributed by atoms with Gasteiger partial charge in [0.05, 0.1) is 4.88 Å². The van der Waals surface area contributed by atoms with Crippen LogP contribution in [0.25, 0.3) is 10.8 Å². The molecule has 2 aromatic heterocycles. The number of hydrogen-bond donors (Lipinski definition) is 0. The summed E-state index contributed by atoms with van der Waals surface area (Å²) in [7, 11) is 0. The summed E-state index contributed by atoms with van der Waals surface area (Å²) in [6.45, 7) is 0. The van der Waals surface area contributed by atoms with Crippen molar-refractivity contribution in [1.82, 2.24) is 10.1 Å². The molecule has 98 valence electrons. The number of halogens is 1. The fraction of sp³-hybridized carbons (Fsp3) is 0.0714. The van der Waals surface area contributed by atoms with Gasteiger partial charge in [0.25, 0.3) is 5.89 Å². The van der Waals surface area contributed by atoms with Crippen molar-refractivity contribution in [1.29, 1.82) is 5.26 Å². The van der Waals surface area contributed by atoms with Crippen molar-refractivity contribution in [2.75, 3.05) is 0 Å². The molecule has 1 aromatic carbocycles. The molecule has 0 saturated carbocycles. The maximum Gasteiger partial charge on any atom is 0.268 e. The van der Waals surface area contributed by atoms with Gasteiger partial charge in [-0.3, -0.25) is 0 Å². The molecule has 0 bridgehead atoms. The van der Waals surface area contributed by atoms with Crippen LogP contribution in [0.5, 0.6) is 0 Å². The molecule has 0 fully saturated rings. The van der Waals surface area contributed by atoms with Crippen molar-refractivity contribution in [3.05, 3.63) is 57.1 Å². The molecule has 3 rings (SSSR count). The molecule has 0 spiro atoms. The Kier molecular flexibility index (Phi) is 3.63. The van der Waals surface area contributed by atoms with E-state index in [0.717, 1.165) is 14.9 Å². The van der Waals surface area contributed by atoms with Crippen molar-refractivity contribution in [2.24, 2.45) is 0 Å². The summed E-state index contributed by atoms with van der Waals surface area (Å²) >= 11 is 4.78. The highest BCUT2D eigenvalue weighted by molar-refractivity contribution is 9.10. The van der Waals surface area contributed by atoms with Crippen LogP contribution in [-0.2, 0) is 6.42 Å². The van der Waals surface area contributed by atoms with Gasteiger partial charge in [-0.1, -0.05) is 33.2 Å². The van der Waals surface area contributed by atoms with Gasteiger partial charge in [-0.15, -0.1) is 11.3 Å². The molecule has 4 nitrogen and oxygen atoms in total. The minimum absolute atomic E-state index is 0.460. The van der Waals surface area contributed by atoms with Crippen molar-refractivity contribution in [3.8, 4) is 16.8 Å². The van der Waals surface area contributed by atoms with Crippen LogP contribution in [0.1, 0.15) is 16.3 Å². The number of thiophene rings is 1. The number of nitrogens with zero attached hydrogens (tertiary/aromatic N) is 3. The van der Waals surface area contributed by atoms with Gasteiger partial charge in [0.15, 0.2) is 5.82 Å². The molecular formula is C14H8BrN3OS. The SMILES string of the molecule is N#Cc1ccc(-c2nc(Cc3cccc(Br)c3)no2)s1. The molecule has 6 heteroatoms. The molecule has 2 heterocycles. The average molecular weight is 346 g/mol. The third-order valence-corrected chi connectivity index (χ3v) is 4.12. The highest BCUT2D eigenvalue weighted by Crippen LogP contribution is 2.26. The zero-order valence-corrected chi connectivity index (χ0v) is 12.6. The molecular weight excluding hydrogens is 338 g/mol. The lowest BCUT2D eigenvalue weighted by atomic mass is 10.1.